The van der Waals surface area contributed by atoms with Crippen LogP contribution in [0.4, 0.5) is 5.82 Å². The van der Waals surface area contributed by atoms with Crippen LogP contribution in [0.1, 0.15) is 12.5 Å². The minimum Gasteiger partial charge on any atom is -0.355 e. The van der Waals surface area contributed by atoms with Crippen molar-refractivity contribution in [3.63, 3.8) is 0 Å². The number of nitrogens with one attached hydrogen (secondary N) is 3. The van der Waals surface area contributed by atoms with E-state index < -0.39 is 6.04 Å². The van der Waals surface area contributed by atoms with Gasteiger partial charge >= 0.3 is 0 Å². The highest BCUT2D eigenvalue weighted by Crippen LogP contribution is 2.20. The molecule has 172 valence electrons. The van der Waals surface area contributed by atoms with Gasteiger partial charge in [-0.25, -0.2) is 0 Å². The highest BCUT2D eigenvalue weighted by Gasteiger charge is 2.21. The van der Waals surface area contributed by atoms with E-state index in [0.717, 1.165) is 16.8 Å². The number of aryl methyl sites for hydroxylation is 1. The Kier molecular flexibility index (Phi) is 11.4. The molecule has 0 saturated carbocycles. The molecule has 0 spiro atoms. The van der Waals surface area contributed by atoms with Crippen LogP contribution in [0.5, 0.6) is 0 Å². The Morgan fingerprint density at radius 2 is 1.75 bits per heavy atom. The summed E-state index contributed by atoms with van der Waals surface area (Å²) in [4.78, 5) is 28.9. The first kappa shape index (κ1) is 27.1. The molecule has 10 heteroatoms. The summed E-state index contributed by atoms with van der Waals surface area (Å²) in [6, 6.07) is 14.7. The van der Waals surface area contributed by atoms with Crippen LogP contribution < -0.4 is 16.0 Å². The van der Waals surface area contributed by atoms with Gasteiger partial charge in [-0.2, -0.15) is 5.10 Å². The summed E-state index contributed by atoms with van der Waals surface area (Å²) >= 11 is 0. The maximum Gasteiger partial charge on any atom is 0.243 e. The summed E-state index contributed by atoms with van der Waals surface area (Å²) < 4.78 is 1.62. The number of benzene rings is 1. The number of amides is 2. The lowest BCUT2D eigenvalue weighted by molar-refractivity contribution is -0.121. The van der Waals surface area contributed by atoms with Crippen LogP contribution in [-0.4, -0.2) is 45.7 Å². The molecule has 0 aliphatic carbocycles. The molecule has 3 N–H and O–H groups in total. The van der Waals surface area contributed by atoms with Gasteiger partial charge in [0.2, 0.25) is 11.8 Å². The third kappa shape index (κ3) is 7.64. The molecule has 8 nitrogen and oxygen atoms in total. The first-order chi connectivity index (χ1) is 14.6. The van der Waals surface area contributed by atoms with Gasteiger partial charge in [-0.3, -0.25) is 24.6 Å². The van der Waals surface area contributed by atoms with Gasteiger partial charge in [-0.15, -0.1) is 24.8 Å². The third-order valence-electron chi connectivity index (χ3n) is 4.59. The molecule has 1 aromatic carbocycles. The summed E-state index contributed by atoms with van der Waals surface area (Å²) in [6.07, 6.45) is 3.86. The fourth-order valence-electron chi connectivity index (χ4n) is 3.04. The van der Waals surface area contributed by atoms with E-state index in [-0.39, 0.29) is 43.2 Å². The van der Waals surface area contributed by atoms with Gasteiger partial charge in [0.25, 0.3) is 0 Å². The fraction of sp³-hybridized carbons (Fsp3) is 0.273. The third-order valence-corrected chi connectivity index (χ3v) is 4.59. The normalized spacial score (nSPS) is 10.9. The largest absolute Gasteiger partial charge is 0.355 e. The van der Waals surface area contributed by atoms with Gasteiger partial charge in [0, 0.05) is 37.6 Å². The van der Waals surface area contributed by atoms with Crippen molar-refractivity contribution in [2.75, 3.05) is 18.4 Å². The van der Waals surface area contributed by atoms with Crippen molar-refractivity contribution in [3.8, 4) is 11.3 Å². The zero-order valence-electron chi connectivity index (χ0n) is 17.9. The molecular weight excluding hydrogens is 451 g/mol. The highest BCUT2D eigenvalue weighted by molar-refractivity contribution is 5.95. The van der Waals surface area contributed by atoms with Gasteiger partial charge in [0.15, 0.2) is 0 Å². The molecule has 1 unspecified atom stereocenters. The van der Waals surface area contributed by atoms with Gasteiger partial charge in [0.1, 0.15) is 5.82 Å². The summed E-state index contributed by atoms with van der Waals surface area (Å²) in [6.45, 7) is 2.46. The number of carbonyl (C=O) groups excluding carboxylic acids is 2. The molecule has 3 aromatic rings. The summed E-state index contributed by atoms with van der Waals surface area (Å²) in [5.74, 6) is 0.195. The van der Waals surface area contributed by atoms with Crippen LogP contribution in [0.25, 0.3) is 11.3 Å². The fourth-order valence-corrected chi connectivity index (χ4v) is 3.04. The molecule has 1 atom stereocenters. The Morgan fingerprint density at radius 3 is 2.41 bits per heavy atom. The van der Waals surface area contributed by atoms with E-state index in [0.29, 0.717) is 18.8 Å². The molecule has 0 aliphatic rings. The van der Waals surface area contributed by atoms with E-state index in [1.807, 2.05) is 55.5 Å². The van der Waals surface area contributed by atoms with Crippen LogP contribution in [-0.2, 0) is 23.1 Å². The molecule has 2 aromatic heterocycles. The predicted molar refractivity (Wildman–Crippen MR) is 130 cm³/mol. The number of nitrogens with zero attached hydrogens (tertiary/aromatic N) is 3. The minimum absolute atomic E-state index is 0. The van der Waals surface area contributed by atoms with Crippen LogP contribution in [0.15, 0.2) is 60.9 Å². The van der Waals surface area contributed by atoms with E-state index in [4.69, 9.17) is 0 Å². The standard InChI is InChI=1S/C22H26N6O2.2ClH/c1-3-24-21(29)15-25-19(13-16-7-5-4-6-8-16)22(30)26-20-14-18(27-28(20)2)17-9-11-23-12-10-17;;/h4-12,14,19,25H,3,13,15H2,1-2H3,(H,24,29)(H,26,30);2*1H. The van der Waals surface area contributed by atoms with Crippen molar-refractivity contribution < 1.29 is 9.59 Å². The van der Waals surface area contributed by atoms with E-state index in [1.165, 1.54) is 0 Å². The number of hydrogen-bond donors (Lipinski definition) is 3. The van der Waals surface area contributed by atoms with Gasteiger partial charge < -0.3 is 10.6 Å². The Bertz CT molecular complexity index is 983. The number of hydrogen-bond acceptors (Lipinski definition) is 5. The monoisotopic (exact) mass is 478 g/mol. The smallest absolute Gasteiger partial charge is 0.243 e. The molecule has 0 bridgehead atoms. The van der Waals surface area contributed by atoms with Crippen molar-refractivity contribution in [1.82, 2.24) is 25.4 Å². The molecule has 2 heterocycles. The van der Waals surface area contributed by atoms with Gasteiger partial charge in [-0.05, 0) is 31.0 Å². The van der Waals surface area contributed by atoms with Crippen LogP contribution >= 0.6 is 24.8 Å². The minimum atomic E-state index is -0.575. The predicted octanol–water partition coefficient (Wildman–Crippen LogP) is 2.60. The van der Waals surface area contributed by atoms with Crippen molar-refractivity contribution >= 4 is 42.4 Å². The van der Waals surface area contributed by atoms with Crippen molar-refractivity contribution in [2.45, 2.75) is 19.4 Å². The molecule has 0 radical (unpaired) electrons. The quantitative estimate of drug-likeness (QED) is 0.438. The number of rotatable bonds is 9. The number of anilines is 1. The van der Waals surface area contributed by atoms with Crippen LogP contribution in [0.2, 0.25) is 0 Å². The summed E-state index contributed by atoms with van der Waals surface area (Å²) in [5, 5.41) is 13.2. The lowest BCUT2D eigenvalue weighted by atomic mass is 10.1. The van der Waals surface area contributed by atoms with E-state index >= 15 is 0 Å². The summed E-state index contributed by atoms with van der Waals surface area (Å²) in [7, 11) is 1.77. The molecule has 0 saturated heterocycles. The number of pyridine rings is 1. The van der Waals surface area contributed by atoms with Crippen molar-refractivity contribution in [3.05, 3.63) is 66.5 Å². The van der Waals surface area contributed by atoms with E-state index in [2.05, 4.69) is 26.0 Å². The van der Waals surface area contributed by atoms with Gasteiger partial charge in [-0.1, -0.05) is 30.3 Å². The van der Waals surface area contributed by atoms with Crippen LogP contribution in [0, 0.1) is 0 Å². The highest BCUT2D eigenvalue weighted by atomic mass is 35.5. The lowest BCUT2D eigenvalue weighted by Crippen LogP contribution is -2.46. The Morgan fingerprint density at radius 1 is 1.06 bits per heavy atom. The average molecular weight is 479 g/mol. The maximum absolute atomic E-state index is 13.0. The maximum atomic E-state index is 13.0. The number of aromatic nitrogens is 3. The SMILES string of the molecule is CCNC(=O)CNC(Cc1ccccc1)C(=O)Nc1cc(-c2ccncc2)nn1C.Cl.Cl. The molecule has 3 rings (SSSR count). The zero-order valence-corrected chi connectivity index (χ0v) is 19.6. The molecule has 0 aliphatic heterocycles. The molecular formula is C22H28Cl2N6O2. The molecule has 2 amide bonds. The molecule has 32 heavy (non-hydrogen) atoms. The second-order valence-electron chi connectivity index (χ2n) is 6.84. The Hall–Kier alpha value is -2.94. The number of carbonyl (C=O) groups is 2. The lowest BCUT2D eigenvalue weighted by Gasteiger charge is -2.18. The van der Waals surface area contributed by atoms with E-state index in [9.17, 15) is 9.59 Å². The first-order valence-corrected chi connectivity index (χ1v) is 9.86. The zero-order chi connectivity index (χ0) is 21.3. The topological polar surface area (TPSA) is 101 Å². The van der Waals surface area contributed by atoms with Crippen molar-refractivity contribution in [2.24, 2.45) is 7.05 Å². The molecule has 0 fully saturated rings. The Labute approximate surface area is 200 Å². The summed E-state index contributed by atoms with van der Waals surface area (Å²) in [5.41, 5.74) is 2.66. The second-order valence-corrected chi connectivity index (χ2v) is 6.84. The first-order valence-electron chi connectivity index (χ1n) is 9.86. The number of likely N-dealkylation sites (N-methyl/N-ethyl adjacent to an activating group) is 1. The second kappa shape index (κ2) is 13.5. The van der Waals surface area contributed by atoms with E-state index in [1.54, 1.807) is 24.1 Å². The Balaban J connectivity index is 0.00000256. The van der Waals surface area contributed by atoms with Crippen molar-refractivity contribution in [1.29, 1.82) is 0 Å². The average Bonchev–Trinajstić information content (AvgIpc) is 3.13. The number of halogens is 2. The van der Waals surface area contributed by atoms with Gasteiger partial charge in [0.05, 0.1) is 18.3 Å². The van der Waals surface area contributed by atoms with Crippen LogP contribution in [0.3, 0.4) is 0 Å².